The molecular weight excluding hydrogens is 204 g/mol. The molecular formula is C12H26N2S. The molecule has 0 aromatic rings. The van der Waals surface area contributed by atoms with Crippen molar-refractivity contribution in [3.8, 4) is 0 Å². The van der Waals surface area contributed by atoms with Crippen molar-refractivity contribution in [2.45, 2.75) is 51.6 Å². The zero-order valence-electron chi connectivity index (χ0n) is 10.2. The van der Waals surface area contributed by atoms with Gasteiger partial charge in [0, 0.05) is 18.6 Å². The van der Waals surface area contributed by atoms with Crippen molar-refractivity contribution < 1.29 is 0 Å². The van der Waals surface area contributed by atoms with Crippen molar-refractivity contribution in [3.63, 3.8) is 0 Å². The molecule has 0 saturated carbocycles. The van der Waals surface area contributed by atoms with Gasteiger partial charge in [0.05, 0.1) is 0 Å². The highest BCUT2D eigenvalue weighted by Gasteiger charge is 2.25. The molecule has 0 bridgehead atoms. The Morgan fingerprint density at radius 3 is 2.87 bits per heavy atom. The number of piperidine rings is 1. The summed E-state index contributed by atoms with van der Waals surface area (Å²) < 4.78 is 0. The van der Waals surface area contributed by atoms with Crippen LogP contribution in [0.3, 0.4) is 0 Å². The Balaban J connectivity index is 2.27. The predicted octanol–water partition coefficient (Wildman–Crippen LogP) is 2.33. The Kier molecular flexibility index (Phi) is 6.69. The van der Waals surface area contributed by atoms with E-state index in [1.54, 1.807) is 0 Å². The molecule has 1 rings (SSSR count). The van der Waals surface area contributed by atoms with Crippen molar-refractivity contribution in [1.29, 1.82) is 0 Å². The van der Waals surface area contributed by atoms with Crippen molar-refractivity contribution in [1.82, 2.24) is 4.90 Å². The number of thioether (sulfide) groups is 1. The Morgan fingerprint density at radius 1 is 1.40 bits per heavy atom. The maximum atomic E-state index is 5.84. The number of nitrogens with zero attached hydrogens (tertiary/aromatic N) is 1. The first-order valence-corrected chi connectivity index (χ1v) is 7.48. The standard InChI is InChI=1S/C12H26N2S/c1-3-15-9-5-8-14-11(2)6-4-7-12(14)10-13/h11-12H,3-10,13H2,1-2H3. The third kappa shape index (κ3) is 4.33. The van der Waals surface area contributed by atoms with Crippen LogP contribution in [0.5, 0.6) is 0 Å². The molecule has 0 aromatic carbocycles. The lowest BCUT2D eigenvalue weighted by Crippen LogP contribution is -2.49. The van der Waals surface area contributed by atoms with Crippen molar-refractivity contribution in [2.24, 2.45) is 5.73 Å². The molecule has 2 unspecified atom stereocenters. The second kappa shape index (κ2) is 7.53. The summed E-state index contributed by atoms with van der Waals surface area (Å²) in [7, 11) is 0. The summed E-state index contributed by atoms with van der Waals surface area (Å²) >= 11 is 2.05. The highest BCUT2D eigenvalue weighted by atomic mass is 32.2. The molecule has 1 aliphatic rings. The summed E-state index contributed by atoms with van der Waals surface area (Å²) in [6.07, 6.45) is 5.35. The van der Waals surface area contributed by atoms with Gasteiger partial charge >= 0.3 is 0 Å². The van der Waals surface area contributed by atoms with Gasteiger partial charge in [-0.15, -0.1) is 0 Å². The van der Waals surface area contributed by atoms with Gasteiger partial charge in [-0.3, -0.25) is 4.90 Å². The topological polar surface area (TPSA) is 29.3 Å². The van der Waals surface area contributed by atoms with Crippen LogP contribution in [-0.4, -0.2) is 41.6 Å². The van der Waals surface area contributed by atoms with Crippen LogP contribution in [0.15, 0.2) is 0 Å². The molecule has 1 aliphatic heterocycles. The maximum Gasteiger partial charge on any atom is 0.0221 e. The van der Waals surface area contributed by atoms with E-state index in [1.165, 1.54) is 43.7 Å². The van der Waals surface area contributed by atoms with Gasteiger partial charge in [0.2, 0.25) is 0 Å². The average Bonchev–Trinajstić information content (AvgIpc) is 2.26. The Labute approximate surface area is 99.0 Å². The largest absolute Gasteiger partial charge is 0.329 e. The molecule has 2 N–H and O–H groups in total. The first-order valence-electron chi connectivity index (χ1n) is 6.33. The van der Waals surface area contributed by atoms with E-state index in [0.29, 0.717) is 6.04 Å². The third-order valence-corrected chi connectivity index (χ3v) is 4.36. The van der Waals surface area contributed by atoms with Gasteiger partial charge in [-0.05, 0) is 44.2 Å². The smallest absolute Gasteiger partial charge is 0.0221 e. The van der Waals surface area contributed by atoms with Crippen LogP contribution in [0.2, 0.25) is 0 Å². The van der Waals surface area contributed by atoms with E-state index in [2.05, 4.69) is 18.7 Å². The molecule has 0 radical (unpaired) electrons. The zero-order chi connectivity index (χ0) is 11.1. The Bertz CT molecular complexity index is 164. The van der Waals surface area contributed by atoms with Crippen molar-refractivity contribution in [3.05, 3.63) is 0 Å². The second-order valence-electron chi connectivity index (χ2n) is 4.46. The van der Waals surface area contributed by atoms with E-state index in [0.717, 1.165) is 12.6 Å². The summed E-state index contributed by atoms with van der Waals surface area (Å²) in [5, 5.41) is 0. The van der Waals surface area contributed by atoms with Crippen molar-refractivity contribution in [2.75, 3.05) is 24.6 Å². The van der Waals surface area contributed by atoms with Gasteiger partial charge in [-0.25, -0.2) is 0 Å². The van der Waals surface area contributed by atoms with Gasteiger partial charge in [-0.1, -0.05) is 13.3 Å². The first kappa shape index (κ1) is 13.3. The summed E-state index contributed by atoms with van der Waals surface area (Å²) in [5.74, 6) is 2.55. The lowest BCUT2D eigenvalue weighted by molar-refractivity contribution is 0.0979. The van der Waals surface area contributed by atoms with Crippen LogP contribution in [0.25, 0.3) is 0 Å². The van der Waals surface area contributed by atoms with Gasteiger partial charge < -0.3 is 5.73 Å². The van der Waals surface area contributed by atoms with Crippen LogP contribution in [-0.2, 0) is 0 Å². The molecule has 2 atom stereocenters. The number of hydrogen-bond acceptors (Lipinski definition) is 3. The molecule has 15 heavy (non-hydrogen) atoms. The van der Waals surface area contributed by atoms with Crippen LogP contribution >= 0.6 is 11.8 Å². The number of rotatable bonds is 6. The average molecular weight is 230 g/mol. The molecule has 1 saturated heterocycles. The van der Waals surface area contributed by atoms with Crippen LogP contribution in [0.4, 0.5) is 0 Å². The van der Waals surface area contributed by atoms with Gasteiger partial charge in [-0.2, -0.15) is 11.8 Å². The van der Waals surface area contributed by atoms with Gasteiger partial charge in [0.1, 0.15) is 0 Å². The number of nitrogens with two attached hydrogens (primary N) is 1. The summed E-state index contributed by atoms with van der Waals surface area (Å²) in [6, 6.07) is 1.40. The molecule has 1 fully saturated rings. The van der Waals surface area contributed by atoms with E-state index >= 15 is 0 Å². The van der Waals surface area contributed by atoms with E-state index in [-0.39, 0.29) is 0 Å². The SMILES string of the molecule is CCSCCCN1C(C)CCCC1CN. The molecule has 0 aromatic heterocycles. The van der Waals surface area contributed by atoms with Crippen LogP contribution in [0, 0.1) is 0 Å². The van der Waals surface area contributed by atoms with Crippen molar-refractivity contribution >= 4 is 11.8 Å². The minimum absolute atomic E-state index is 0.653. The molecule has 2 nitrogen and oxygen atoms in total. The second-order valence-corrected chi connectivity index (χ2v) is 5.85. The first-order chi connectivity index (χ1) is 7.29. The van der Waals surface area contributed by atoms with Crippen LogP contribution < -0.4 is 5.73 Å². The number of likely N-dealkylation sites (tertiary alicyclic amines) is 1. The Hall–Kier alpha value is 0.270. The van der Waals surface area contributed by atoms with Gasteiger partial charge in [0.15, 0.2) is 0 Å². The van der Waals surface area contributed by atoms with E-state index in [9.17, 15) is 0 Å². The molecule has 3 heteroatoms. The third-order valence-electron chi connectivity index (χ3n) is 3.38. The Morgan fingerprint density at radius 2 is 2.20 bits per heavy atom. The monoisotopic (exact) mass is 230 g/mol. The lowest BCUT2D eigenvalue weighted by atomic mass is 9.96. The predicted molar refractivity (Wildman–Crippen MR) is 70.5 cm³/mol. The normalized spacial score (nSPS) is 28.2. The number of hydrogen-bond donors (Lipinski definition) is 1. The van der Waals surface area contributed by atoms with E-state index < -0.39 is 0 Å². The maximum absolute atomic E-state index is 5.84. The minimum atomic E-state index is 0.653. The van der Waals surface area contributed by atoms with E-state index in [1.807, 2.05) is 11.8 Å². The minimum Gasteiger partial charge on any atom is -0.329 e. The molecule has 0 amide bonds. The van der Waals surface area contributed by atoms with Crippen LogP contribution in [0.1, 0.15) is 39.5 Å². The summed E-state index contributed by atoms with van der Waals surface area (Å²) in [6.45, 7) is 6.67. The van der Waals surface area contributed by atoms with Gasteiger partial charge in [0.25, 0.3) is 0 Å². The summed E-state index contributed by atoms with van der Waals surface area (Å²) in [4.78, 5) is 2.64. The highest BCUT2D eigenvalue weighted by molar-refractivity contribution is 7.99. The molecule has 90 valence electrons. The fraction of sp³-hybridized carbons (Fsp3) is 1.00. The molecule has 0 spiro atoms. The molecule has 0 aliphatic carbocycles. The fourth-order valence-electron chi connectivity index (χ4n) is 2.49. The fourth-order valence-corrected chi connectivity index (χ4v) is 3.11. The lowest BCUT2D eigenvalue weighted by Gasteiger charge is -2.40. The van der Waals surface area contributed by atoms with E-state index in [4.69, 9.17) is 5.73 Å². The zero-order valence-corrected chi connectivity index (χ0v) is 11.1. The summed E-state index contributed by atoms with van der Waals surface area (Å²) in [5.41, 5.74) is 5.84. The quantitative estimate of drug-likeness (QED) is 0.710. The molecule has 1 heterocycles. The highest BCUT2D eigenvalue weighted by Crippen LogP contribution is 2.22.